The predicted molar refractivity (Wildman–Crippen MR) is 117 cm³/mol. The Hall–Kier alpha value is -2.73. The van der Waals surface area contributed by atoms with E-state index < -0.39 is 0 Å². The van der Waals surface area contributed by atoms with E-state index >= 15 is 0 Å². The van der Waals surface area contributed by atoms with E-state index in [2.05, 4.69) is 5.32 Å². The molecule has 1 aliphatic carbocycles. The molecule has 0 bridgehead atoms. The summed E-state index contributed by atoms with van der Waals surface area (Å²) in [4.78, 5) is 26.9. The standard InChI is InChI=1S/C24H25NO4S/c1-28-16-6-9-22(29-2)18(12-16)15-10-20-24(21(26)11-15)19(13-23(27)25-20)14-4-7-17(30-3)8-5-14/h4-9,12,15,19H,10-11,13H2,1-3H3,(H,25,27). The molecule has 0 saturated heterocycles. The second kappa shape index (κ2) is 8.56. The summed E-state index contributed by atoms with van der Waals surface area (Å²) in [6, 6.07) is 13.8. The van der Waals surface area contributed by atoms with Gasteiger partial charge in [0.1, 0.15) is 11.5 Å². The van der Waals surface area contributed by atoms with Crippen molar-refractivity contribution in [2.45, 2.75) is 36.0 Å². The number of nitrogens with one attached hydrogen (secondary N) is 1. The second-order valence-electron chi connectivity index (χ2n) is 7.61. The molecule has 1 amide bonds. The van der Waals surface area contributed by atoms with Crippen LogP contribution in [0.4, 0.5) is 0 Å². The van der Waals surface area contributed by atoms with Gasteiger partial charge in [-0.3, -0.25) is 9.59 Å². The van der Waals surface area contributed by atoms with E-state index in [-0.39, 0.29) is 23.5 Å². The zero-order chi connectivity index (χ0) is 21.3. The number of Topliss-reactive ketones (excluding diaryl/α,β-unsaturated/α-hetero) is 1. The van der Waals surface area contributed by atoms with Gasteiger partial charge in [0.15, 0.2) is 5.78 Å². The summed E-state index contributed by atoms with van der Waals surface area (Å²) < 4.78 is 10.9. The third-order valence-electron chi connectivity index (χ3n) is 5.93. The SMILES string of the molecule is COc1ccc(OC)c(C2CC(=O)C3=C(C2)NC(=O)CC3c2ccc(SC)cc2)c1. The number of hydrogen-bond acceptors (Lipinski definition) is 5. The highest BCUT2D eigenvalue weighted by molar-refractivity contribution is 7.98. The Morgan fingerprint density at radius 1 is 0.967 bits per heavy atom. The molecule has 156 valence electrons. The largest absolute Gasteiger partial charge is 0.497 e. The Morgan fingerprint density at radius 3 is 2.40 bits per heavy atom. The Labute approximate surface area is 180 Å². The molecule has 1 heterocycles. The maximum absolute atomic E-state index is 13.3. The van der Waals surface area contributed by atoms with E-state index in [1.807, 2.05) is 48.7 Å². The summed E-state index contributed by atoms with van der Waals surface area (Å²) in [6.45, 7) is 0. The number of rotatable bonds is 5. The lowest BCUT2D eigenvalue weighted by Gasteiger charge is -2.35. The lowest BCUT2D eigenvalue weighted by Crippen LogP contribution is -2.38. The first-order valence-corrected chi connectivity index (χ1v) is 11.2. The number of allylic oxidation sites excluding steroid dienone is 2. The van der Waals surface area contributed by atoms with Crippen molar-refractivity contribution in [3.8, 4) is 11.5 Å². The monoisotopic (exact) mass is 423 g/mol. The van der Waals surface area contributed by atoms with Gasteiger partial charge in [0.05, 0.1) is 14.2 Å². The number of carbonyl (C=O) groups is 2. The molecular formula is C24H25NO4S. The summed E-state index contributed by atoms with van der Waals surface area (Å²) in [7, 11) is 3.24. The Morgan fingerprint density at radius 2 is 1.73 bits per heavy atom. The first-order chi connectivity index (χ1) is 14.5. The van der Waals surface area contributed by atoms with Crippen LogP contribution in [0, 0.1) is 0 Å². The number of carbonyl (C=O) groups excluding carboxylic acids is 2. The normalized spacial score (nSPS) is 21.2. The molecule has 6 heteroatoms. The summed E-state index contributed by atoms with van der Waals surface area (Å²) in [6.07, 6.45) is 3.31. The lowest BCUT2D eigenvalue weighted by molar-refractivity contribution is -0.122. The molecule has 2 aromatic rings. The van der Waals surface area contributed by atoms with Crippen LogP contribution in [0.3, 0.4) is 0 Å². The minimum absolute atomic E-state index is 0.0428. The van der Waals surface area contributed by atoms with Crippen molar-refractivity contribution < 1.29 is 19.1 Å². The van der Waals surface area contributed by atoms with Gasteiger partial charge in [0, 0.05) is 46.4 Å². The van der Waals surface area contributed by atoms with Gasteiger partial charge in [-0.25, -0.2) is 0 Å². The van der Waals surface area contributed by atoms with Crippen molar-refractivity contribution in [2.24, 2.45) is 0 Å². The first kappa shape index (κ1) is 20.5. The van der Waals surface area contributed by atoms with Crippen molar-refractivity contribution in [3.05, 3.63) is 64.9 Å². The van der Waals surface area contributed by atoms with E-state index in [9.17, 15) is 9.59 Å². The van der Waals surface area contributed by atoms with E-state index in [1.54, 1.807) is 26.0 Å². The van der Waals surface area contributed by atoms with Crippen LogP contribution < -0.4 is 14.8 Å². The molecule has 5 nitrogen and oxygen atoms in total. The van der Waals surface area contributed by atoms with E-state index in [4.69, 9.17) is 9.47 Å². The molecule has 2 unspecified atom stereocenters. The van der Waals surface area contributed by atoms with Crippen molar-refractivity contribution in [2.75, 3.05) is 20.5 Å². The smallest absolute Gasteiger partial charge is 0.225 e. The van der Waals surface area contributed by atoms with Gasteiger partial charge in [-0.2, -0.15) is 0 Å². The number of methoxy groups -OCH3 is 2. The number of ether oxygens (including phenoxy) is 2. The highest BCUT2D eigenvalue weighted by Gasteiger charge is 2.38. The van der Waals surface area contributed by atoms with Crippen molar-refractivity contribution in [1.82, 2.24) is 5.32 Å². The fourth-order valence-electron chi connectivity index (χ4n) is 4.46. The molecule has 1 aliphatic heterocycles. The van der Waals surface area contributed by atoms with Crippen LogP contribution >= 0.6 is 11.8 Å². The fourth-order valence-corrected chi connectivity index (χ4v) is 4.87. The molecule has 0 saturated carbocycles. The van der Waals surface area contributed by atoms with Crippen LogP contribution in [-0.2, 0) is 9.59 Å². The summed E-state index contributed by atoms with van der Waals surface area (Å²) >= 11 is 1.67. The first-order valence-electron chi connectivity index (χ1n) is 9.96. The molecule has 0 radical (unpaired) electrons. The number of amides is 1. The zero-order valence-corrected chi connectivity index (χ0v) is 18.2. The molecule has 0 fully saturated rings. The minimum atomic E-state index is -0.190. The van der Waals surface area contributed by atoms with Crippen LogP contribution in [0.2, 0.25) is 0 Å². The fraction of sp³-hybridized carbons (Fsp3) is 0.333. The van der Waals surface area contributed by atoms with Gasteiger partial charge in [-0.1, -0.05) is 12.1 Å². The predicted octanol–water partition coefficient (Wildman–Crippen LogP) is 4.43. The Kier molecular flexibility index (Phi) is 5.86. The highest BCUT2D eigenvalue weighted by atomic mass is 32.2. The average molecular weight is 424 g/mol. The van der Waals surface area contributed by atoms with Crippen molar-refractivity contribution >= 4 is 23.5 Å². The molecule has 0 spiro atoms. The van der Waals surface area contributed by atoms with Crippen LogP contribution in [0.5, 0.6) is 11.5 Å². The Bertz CT molecular complexity index is 1010. The number of ketones is 1. The third kappa shape index (κ3) is 3.84. The molecule has 0 aromatic heterocycles. The van der Waals surface area contributed by atoms with Crippen LogP contribution in [-0.4, -0.2) is 32.2 Å². The van der Waals surface area contributed by atoms with Crippen LogP contribution in [0.25, 0.3) is 0 Å². The maximum atomic E-state index is 13.3. The van der Waals surface area contributed by atoms with Gasteiger partial charge in [0.2, 0.25) is 5.91 Å². The van der Waals surface area contributed by atoms with E-state index in [0.29, 0.717) is 19.3 Å². The van der Waals surface area contributed by atoms with Gasteiger partial charge in [-0.05, 0) is 48.6 Å². The van der Waals surface area contributed by atoms with Gasteiger partial charge in [-0.15, -0.1) is 11.8 Å². The van der Waals surface area contributed by atoms with E-state index in [0.717, 1.165) is 38.8 Å². The maximum Gasteiger partial charge on any atom is 0.225 e. The Balaban J connectivity index is 1.71. The third-order valence-corrected chi connectivity index (χ3v) is 6.67. The molecule has 1 N–H and O–H groups in total. The summed E-state index contributed by atoms with van der Waals surface area (Å²) in [5.74, 6) is 1.23. The number of thioether (sulfide) groups is 1. The van der Waals surface area contributed by atoms with E-state index in [1.165, 1.54) is 0 Å². The van der Waals surface area contributed by atoms with Gasteiger partial charge in [0.25, 0.3) is 0 Å². The molecule has 2 aliphatic rings. The summed E-state index contributed by atoms with van der Waals surface area (Å²) in [5.41, 5.74) is 3.44. The lowest BCUT2D eigenvalue weighted by atomic mass is 9.73. The summed E-state index contributed by atoms with van der Waals surface area (Å²) in [5, 5.41) is 2.98. The number of benzene rings is 2. The van der Waals surface area contributed by atoms with Crippen molar-refractivity contribution in [3.63, 3.8) is 0 Å². The molecule has 30 heavy (non-hydrogen) atoms. The molecule has 2 atom stereocenters. The zero-order valence-electron chi connectivity index (χ0n) is 17.4. The van der Waals surface area contributed by atoms with Crippen LogP contribution in [0.15, 0.2) is 58.6 Å². The molecular weight excluding hydrogens is 398 g/mol. The highest BCUT2D eigenvalue weighted by Crippen LogP contribution is 2.45. The second-order valence-corrected chi connectivity index (χ2v) is 8.49. The average Bonchev–Trinajstić information content (AvgIpc) is 2.77. The molecule has 2 aromatic carbocycles. The van der Waals surface area contributed by atoms with Gasteiger partial charge < -0.3 is 14.8 Å². The minimum Gasteiger partial charge on any atom is -0.497 e. The topological polar surface area (TPSA) is 64.6 Å². The van der Waals surface area contributed by atoms with Crippen LogP contribution in [0.1, 0.15) is 42.2 Å². The molecule has 4 rings (SSSR count). The van der Waals surface area contributed by atoms with Crippen molar-refractivity contribution in [1.29, 1.82) is 0 Å². The quantitative estimate of drug-likeness (QED) is 0.721. The number of hydrogen-bond donors (Lipinski definition) is 1. The van der Waals surface area contributed by atoms with Gasteiger partial charge >= 0.3 is 0 Å².